The molecule has 2 aromatic carbocycles. The Labute approximate surface area is 197 Å². The van der Waals surface area contributed by atoms with Crippen molar-refractivity contribution in [3.63, 3.8) is 0 Å². The number of carbonyl (C=O) groups is 4. The number of hydrogen-bond acceptors (Lipinski definition) is 6. The maximum Gasteiger partial charge on any atom is 0.336 e. The van der Waals surface area contributed by atoms with Crippen LogP contribution >= 0.6 is 11.6 Å². The summed E-state index contributed by atoms with van der Waals surface area (Å²) in [4.78, 5) is 49.1. The van der Waals surface area contributed by atoms with E-state index in [1.807, 2.05) is 0 Å². The highest BCUT2D eigenvalue weighted by Gasteiger charge is 2.30. The van der Waals surface area contributed by atoms with Crippen molar-refractivity contribution < 1.29 is 28.7 Å². The molecule has 1 N–H and O–H groups in total. The second-order valence-electron chi connectivity index (χ2n) is 8.18. The Morgan fingerprint density at radius 1 is 1.00 bits per heavy atom. The molecule has 0 aliphatic heterocycles. The minimum absolute atomic E-state index is 0.0581. The van der Waals surface area contributed by atoms with Crippen LogP contribution in [0.3, 0.4) is 0 Å². The molecule has 0 saturated heterocycles. The number of carbonyl (C=O) groups excluding carboxylic acids is 4. The summed E-state index contributed by atoms with van der Waals surface area (Å²) >= 11 is 5.83. The summed E-state index contributed by atoms with van der Waals surface area (Å²) in [5.41, 5.74) is 1.05. The second-order valence-corrected chi connectivity index (χ2v) is 8.62. The zero-order chi connectivity index (χ0) is 24.6. The molecule has 33 heavy (non-hydrogen) atoms. The number of benzene rings is 2. The number of amides is 1. The van der Waals surface area contributed by atoms with Gasteiger partial charge in [0.1, 0.15) is 5.60 Å². The van der Waals surface area contributed by atoms with Crippen molar-refractivity contribution in [3.05, 3.63) is 76.3 Å². The van der Waals surface area contributed by atoms with Gasteiger partial charge in [0.25, 0.3) is 0 Å². The van der Waals surface area contributed by atoms with E-state index in [0.717, 1.165) is 12.7 Å². The maximum atomic E-state index is 12.7. The molecule has 8 heteroatoms. The molecule has 0 aliphatic rings. The first kappa shape index (κ1) is 25.8. The number of esters is 2. The summed E-state index contributed by atoms with van der Waals surface area (Å²) in [5, 5.41) is 2.87. The molecule has 1 unspecified atom stereocenters. The molecule has 0 aliphatic carbocycles. The molecule has 2 aromatic rings. The lowest BCUT2D eigenvalue weighted by Gasteiger charge is -2.17. The van der Waals surface area contributed by atoms with Crippen molar-refractivity contribution in [3.8, 4) is 0 Å². The fraction of sp³-hybridized carbons (Fsp3) is 0.280. The second kappa shape index (κ2) is 11.4. The SMILES string of the molecule is COC(=O)C(NC(=O)Cc1ccc(C=CC(=O)OC(C)(C)C)cc1)C(=O)c1ccc(Cl)cc1. The van der Waals surface area contributed by atoms with Crippen LogP contribution in [-0.2, 0) is 30.3 Å². The molecule has 0 saturated carbocycles. The fourth-order valence-electron chi connectivity index (χ4n) is 2.77. The van der Waals surface area contributed by atoms with Crippen LogP contribution < -0.4 is 5.32 Å². The average Bonchev–Trinajstić information content (AvgIpc) is 2.75. The van der Waals surface area contributed by atoms with Crippen LogP contribution in [0.2, 0.25) is 5.02 Å². The third-order valence-electron chi connectivity index (χ3n) is 4.30. The van der Waals surface area contributed by atoms with Crippen LogP contribution in [0.5, 0.6) is 0 Å². The predicted octanol–water partition coefficient (Wildman–Crippen LogP) is 3.78. The molecular weight excluding hydrogens is 446 g/mol. The van der Waals surface area contributed by atoms with E-state index in [1.54, 1.807) is 51.1 Å². The largest absolute Gasteiger partial charge is 0.467 e. The molecule has 0 spiro atoms. The third kappa shape index (κ3) is 8.54. The summed E-state index contributed by atoms with van der Waals surface area (Å²) in [7, 11) is 1.14. The van der Waals surface area contributed by atoms with Crippen molar-refractivity contribution in [1.29, 1.82) is 0 Å². The minimum Gasteiger partial charge on any atom is -0.467 e. The molecule has 0 bridgehead atoms. The van der Waals surface area contributed by atoms with E-state index < -0.39 is 35.3 Å². The fourth-order valence-corrected chi connectivity index (χ4v) is 2.90. The molecule has 2 rings (SSSR count). The van der Waals surface area contributed by atoms with Gasteiger partial charge in [0.2, 0.25) is 5.91 Å². The Balaban J connectivity index is 2.02. The van der Waals surface area contributed by atoms with Gasteiger partial charge in [0, 0.05) is 16.7 Å². The number of rotatable bonds is 8. The summed E-state index contributed by atoms with van der Waals surface area (Å²) in [6.07, 6.45) is 2.88. The van der Waals surface area contributed by atoms with E-state index in [4.69, 9.17) is 16.3 Å². The number of halogens is 1. The number of ether oxygens (including phenoxy) is 2. The van der Waals surface area contributed by atoms with E-state index in [0.29, 0.717) is 10.6 Å². The van der Waals surface area contributed by atoms with Gasteiger partial charge in [-0.05, 0) is 62.2 Å². The van der Waals surface area contributed by atoms with Crippen LogP contribution in [0.25, 0.3) is 6.08 Å². The number of ketones is 1. The van der Waals surface area contributed by atoms with Gasteiger partial charge in [-0.1, -0.05) is 35.9 Å². The van der Waals surface area contributed by atoms with Crippen molar-refractivity contribution in [2.75, 3.05) is 7.11 Å². The van der Waals surface area contributed by atoms with Gasteiger partial charge in [-0.25, -0.2) is 9.59 Å². The molecule has 174 valence electrons. The highest BCUT2D eigenvalue weighted by atomic mass is 35.5. The minimum atomic E-state index is -1.47. The van der Waals surface area contributed by atoms with Crippen LogP contribution in [0.4, 0.5) is 0 Å². The van der Waals surface area contributed by atoms with Gasteiger partial charge < -0.3 is 14.8 Å². The Bertz CT molecular complexity index is 1040. The van der Waals surface area contributed by atoms with Crippen molar-refractivity contribution in [2.45, 2.75) is 38.8 Å². The zero-order valence-electron chi connectivity index (χ0n) is 18.9. The van der Waals surface area contributed by atoms with Crippen LogP contribution in [0.15, 0.2) is 54.6 Å². The Morgan fingerprint density at radius 3 is 2.15 bits per heavy atom. The molecule has 1 amide bonds. The summed E-state index contributed by atoms with van der Waals surface area (Å²) in [6, 6.07) is 11.4. The van der Waals surface area contributed by atoms with E-state index in [2.05, 4.69) is 10.1 Å². The van der Waals surface area contributed by atoms with E-state index in [9.17, 15) is 19.2 Å². The zero-order valence-corrected chi connectivity index (χ0v) is 19.6. The highest BCUT2D eigenvalue weighted by molar-refractivity contribution is 6.30. The summed E-state index contributed by atoms with van der Waals surface area (Å²) in [6.45, 7) is 5.35. The van der Waals surface area contributed by atoms with Gasteiger partial charge in [-0.2, -0.15) is 0 Å². The topological polar surface area (TPSA) is 98.8 Å². The normalized spacial score (nSPS) is 12.2. The van der Waals surface area contributed by atoms with Crippen molar-refractivity contribution >= 4 is 41.3 Å². The number of methoxy groups -OCH3 is 1. The van der Waals surface area contributed by atoms with Crippen LogP contribution in [-0.4, -0.2) is 42.4 Å². The average molecular weight is 472 g/mol. The molecule has 7 nitrogen and oxygen atoms in total. The lowest BCUT2D eigenvalue weighted by molar-refractivity contribution is -0.148. The quantitative estimate of drug-likeness (QED) is 0.272. The Hall–Kier alpha value is -3.45. The third-order valence-corrected chi connectivity index (χ3v) is 4.55. The van der Waals surface area contributed by atoms with Crippen LogP contribution in [0, 0.1) is 0 Å². The lowest BCUT2D eigenvalue weighted by atomic mass is 10.0. The van der Waals surface area contributed by atoms with Gasteiger partial charge in [-0.15, -0.1) is 0 Å². The number of Topliss-reactive ketones (excluding diaryl/α,β-unsaturated/α-hetero) is 1. The molecule has 0 aromatic heterocycles. The molecular formula is C25H26ClNO6. The number of nitrogens with one attached hydrogen (secondary N) is 1. The number of hydrogen-bond donors (Lipinski definition) is 1. The van der Waals surface area contributed by atoms with Gasteiger partial charge in [-0.3, -0.25) is 9.59 Å². The van der Waals surface area contributed by atoms with E-state index in [-0.39, 0.29) is 12.0 Å². The van der Waals surface area contributed by atoms with Crippen molar-refractivity contribution in [2.24, 2.45) is 0 Å². The summed E-state index contributed by atoms with van der Waals surface area (Å²) in [5.74, 6) is -2.45. The standard InChI is InChI=1S/C25H26ClNO6/c1-25(2,3)33-21(29)14-9-16-5-7-17(8-6-16)15-20(28)27-22(24(31)32-4)23(30)18-10-12-19(26)13-11-18/h5-14,22H,15H2,1-4H3,(H,27,28). The van der Waals surface area contributed by atoms with Gasteiger partial charge in [0.05, 0.1) is 13.5 Å². The molecule has 1 atom stereocenters. The van der Waals surface area contributed by atoms with Crippen molar-refractivity contribution in [1.82, 2.24) is 5.32 Å². The maximum absolute atomic E-state index is 12.7. The van der Waals surface area contributed by atoms with Crippen LogP contribution in [0.1, 0.15) is 42.3 Å². The summed E-state index contributed by atoms with van der Waals surface area (Å²) < 4.78 is 9.88. The highest BCUT2D eigenvalue weighted by Crippen LogP contribution is 2.13. The van der Waals surface area contributed by atoms with Gasteiger partial charge in [0.15, 0.2) is 11.8 Å². The Kier molecular flexibility index (Phi) is 8.94. The first-order valence-electron chi connectivity index (χ1n) is 10.2. The predicted molar refractivity (Wildman–Crippen MR) is 125 cm³/mol. The Morgan fingerprint density at radius 2 is 1.61 bits per heavy atom. The molecule has 0 fully saturated rings. The first-order chi connectivity index (χ1) is 15.5. The first-order valence-corrected chi connectivity index (χ1v) is 10.5. The van der Waals surface area contributed by atoms with Gasteiger partial charge >= 0.3 is 11.9 Å². The molecule has 0 radical (unpaired) electrons. The monoisotopic (exact) mass is 471 g/mol. The van der Waals surface area contributed by atoms with E-state index in [1.165, 1.54) is 30.3 Å². The smallest absolute Gasteiger partial charge is 0.336 e. The van der Waals surface area contributed by atoms with E-state index >= 15 is 0 Å². The lowest BCUT2D eigenvalue weighted by Crippen LogP contribution is -2.47. The molecule has 0 heterocycles.